The van der Waals surface area contributed by atoms with Gasteiger partial charge in [0.05, 0.1) is 12.0 Å². The maximum absolute atomic E-state index is 11.2. The van der Waals surface area contributed by atoms with Gasteiger partial charge in [0.2, 0.25) is 6.23 Å². The molecule has 0 fully saturated rings. The highest BCUT2D eigenvalue weighted by atomic mass is 32.1. The molecule has 2 heterocycles. The van der Waals surface area contributed by atoms with Gasteiger partial charge >= 0.3 is 11.9 Å². The average molecular weight is 226 g/mol. The molecular formula is C9H10N2O3S. The van der Waals surface area contributed by atoms with Crippen molar-refractivity contribution in [1.29, 1.82) is 0 Å². The van der Waals surface area contributed by atoms with Crippen molar-refractivity contribution in [2.75, 3.05) is 14.2 Å². The molecular weight excluding hydrogens is 216 g/mol. The maximum Gasteiger partial charge on any atom is 0.395 e. The van der Waals surface area contributed by atoms with Crippen molar-refractivity contribution in [3.05, 3.63) is 22.4 Å². The number of esters is 1. The van der Waals surface area contributed by atoms with Crippen molar-refractivity contribution < 1.29 is 14.3 Å². The zero-order valence-corrected chi connectivity index (χ0v) is 9.15. The van der Waals surface area contributed by atoms with Crippen LogP contribution in [0.3, 0.4) is 0 Å². The Morgan fingerprint density at radius 3 is 3.13 bits per heavy atom. The number of thiophene rings is 1. The summed E-state index contributed by atoms with van der Waals surface area (Å²) in [4.78, 5) is 12.2. The largest absolute Gasteiger partial charge is 0.462 e. The molecule has 2 rings (SSSR count). The molecule has 1 atom stereocenters. The molecule has 80 valence electrons. The average Bonchev–Trinajstić information content (AvgIpc) is 2.84. The second kappa shape index (κ2) is 3.90. The van der Waals surface area contributed by atoms with Crippen LogP contribution in [0.5, 0.6) is 0 Å². The maximum atomic E-state index is 11.2. The van der Waals surface area contributed by atoms with Crippen LogP contribution in [0.1, 0.15) is 11.1 Å². The standard InChI is InChI=1S/C9H10N2O3S/c1-11-8(6-4-3-5-15-6)14-7(10-11)9(12)13-2/h3-5,8H,1-2H3. The van der Waals surface area contributed by atoms with E-state index in [2.05, 4.69) is 9.84 Å². The van der Waals surface area contributed by atoms with Gasteiger partial charge in [-0.25, -0.2) is 4.79 Å². The number of hydrazone groups is 1. The minimum atomic E-state index is -0.555. The molecule has 1 aromatic rings. The van der Waals surface area contributed by atoms with Crippen LogP contribution in [-0.4, -0.2) is 31.0 Å². The first kappa shape index (κ1) is 9.97. The molecule has 1 aliphatic heterocycles. The predicted octanol–water partition coefficient (Wildman–Crippen LogP) is 1.20. The summed E-state index contributed by atoms with van der Waals surface area (Å²) in [5.74, 6) is -0.556. The summed E-state index contributed by atoms with van der Waals surface area (Å²) < 4.78 is 9.91. The van der Waals surface area contributed by atoms with Crippen molar-refractivity contribution in [3.63, 3.8) is 0 Å². The summed E-state index contributed by atoms with van der Waals surface area (Å²) in [6.07, 6.45) is -0.320. The molecule has 0 bridgehead atoms. The molecule has 0 saturated carbocycles. The predicted molar refractivity (Wildman–Crippen MR) is 55.4 cm³/mol. The summed E-state index contributed by atoms with van der Waals surface area (Å²) in [6.45, 7) is 0. The monoisotopic (exact) mass is 226 g/mol. The zero-order chi connectivity index (χ0) is 10.8. The Bertz CT molecular complexity index is 388. The molecule has 0 radical (unpaired) electrons. The van der Waals surface area contributed by atoms with Gasteiger partial charge in [-0.15, -0.1) is 16.4 Å². The van der Waals surface area contributed by atoms with E-state index in [0.29, 0.717) is 0 Å². The van der Waals surface area contributed by atoms with Crippen LogP contribution in [0.25, 0.3) is 0 Å². The van der Waals surface area contributed by atoms with Gasteiger partial charge in [-0.3, -0.25) is 5.01 Å². The molecule has 0 saturated heterocycles. The lowest BCUT2D eigenvalue weighted by atomic mass is 10.4. The van der Waals surface area contributed by atoms with Gasteiger partial charge in [0.15, 0.2) is 0 Å². The number of methoxy groups -OCH3 is 1. The Morgan fingerprint density at radius 2 is 2.53 bits per heavy atom. The van der Waals surface area contributed by atoms with Gasteiger partial charge in [0.1, 0.15) is 0 Å². The summed E-state index contributed by atoms with van der Waals surface area (Å²) in [5.41, 5.74) is 0. The molecule has 6 heteroatoms. The van der Waals surface area contributed by atoms with Crippen LogP contribution >= 0.6 is 11.3 Å². The van der Waals surface area contributed by atoms with E-state index in [9.17, 15) is 4.79 Å². The van der Waals surface area contributed by atoms with Gasteiger partial charge in [-0.2, -0.15) is 0 Å². The Balaban J connectivity index is 2.13. The highest BCUT2D eigenvalue weighted by Crippen LogP contribution is 2.29. The van der Waals surface area contributed by atoms with Crippen LogP contribution in [0.2, 0.25) is 0 Å². The van der Waals surface area contributed by atoms with E-state index in [1.165, 1.54) is 7.11 Å². The van der Waals surface area contributed by atoms with Crippen LogP contribution in [-0.2, 0) is 14.3 Å². The van der Waals surface area contributed by atoms with E-state index in [0.717, 1.165) is 4.88 Å². The molecule has 1 aromatic heterocycles. The first-order valence-corrected chi connectivity index (χ1v) is 5.20. The van der Waals surface area contributed by atoms with Crippen molar-refractivity contribution >= 4 is 23.2 Å². The summed E-state index contributed by atoms with van der Waals surface area (Å²) in [6, 6.07) is 3.86. The third kappa shape index (κ3) is 1.80. The van der Waals surface area contributed by atoms with E-state index in [4.69, 9.17) is 4.74 Å². The number of ether oxygens (including phenoxy) is 2. The molecule has 0 amide bonds. The van der Waals surface area contributed by atoms with E-state index < -0.39 is 5.97 Å². The number of nitrogens with zero attached hydrogens (tertiary/aromatic N) is 2. The van der Waals surface area contributed by atoms with Crippen molar-refractivity contribution in [3.8, 4) is 0 Å². The molecule has 1 unspecified atom stereocenters. The number of hydrogen-bond donors (Lipinski definition) is 0. The number of carbonyl (C=O) groups excluding carboxylic acids is 1. The van der Waals surface area contributed by atoms with Crippen LogP contribution in [0, 0.1) is 0 Å². The number of hydrogen-bond acceptors (Lipinski definition) is 6. The van der Waals surface area contributed by atoms with Crippen molar-refractivity contribution in [1.82, 2.24) is 5.01 Å². The zero-order valence-electron chi connectivity index (χ0n) is 8.34. The Hall–Kier alpha value is -1.56. The number of rotatable bonds is 2. The minimum absolute atomic E-state index is 0.00148. The lowest BCUT2D eigenvalue weighted by Gasteiger charge is -2.15. The van der Waals surface area contributed by atoms with Crippen LogP contribution < -0.4 is 0 Å². The first-order valence-electron chi connectivity index (χ1n) is 4.32. The van der Waals surface area contributed by atoms with Gasteiger partial charge < -0.3 is 9.47 Å². The molecule has 0 spiro atoms. The third-order valence-corrected chi connectivity index (χ3v) is 2.86. The second-order valence-electron chi connectivity index (χ2n) is 2.96. The van der Waals surface area contributed by atoms with Gasteiger partial charge in [0, 0.05) is 7.05 Å². The van der Waals surface area contributed by atoms with Crippen LogP contribution in [0.15, 0.2) is 22.6 Å². The fourth-order valence-electron chi connectivity index (χ4n) is 1.25. The van der Waals surface area contributed by atoms with Gasteiger partial charge in [-0.1, -0.05) is 6.07 Å². The Kier molecular flexibility index (Phi) is 2.59. The molecule has 15 heavy (non-hydrogen) atoms. The van der Waals surface area contributed by atoms with Crippen LogP contribution in [0.4, 0.5) is 0 Å². The highest BCUT2D eigenvalue weighted by Gasteiger charge is 2.31. The Morgan fingerprint density at radius 1 is 1.73 bits per heavy atom. The second-order valence-corrected chi connectivity index (χ2v) is 3.94. The van der Waals surface area contributed by atoms with E-state index in [-0.39, 0.29) is 12.1 Å². The summed E-state index contributed by atoms with van der Waals surface area (Å²) in [5, 5.41) is 7.50. The smallest absolute Gasteiger partial charge is 0.395 e. The van der Waals surface area contributed by atoms with E-state index in [1.807, 2.05) is 17.5 Å². The lowest BCUT2D eigenvalue weighted by Crippen LogP contribution is -2.17. The fourth-order valence-corrected chi connectivity index (χ4v) is 2.04. The molecule has 0 aromatic carbocycles. The SMILES string of the molecule is COC(=O)C1=NN(C)C(c2cccs2)O1. The van der Waals surface area contributed by atoms with Gasteiger partial charge in [0.25, 0.3) is 0 Å². The minimum Gasteiger partial charge on any atom is -0.462 e. The first-order chi connectivity index (χ1) is 7.22. The summed E-state index contributed by atoms with van der Waals surface area (Å²) in [7, 11) is 3.05. The normalized spacial score (nSPS) is 19.7. The molecule has 0 N–H and O–H groups in total. The highest BCUT2D eigenvalue weighted by molar-refractivity contribution is 7.10. The molecule has 5 nitrogen and oxygen atoms in total. The fraction of sp³-hybridized carbons (Fsp3) is 0.333. The van der Waals surface area contributed by atoms with Gasteiger partial charge in [-0.05, 0) is 11.4 Å². The van der Waals surface area contributed by atoms with Crippen molar-refractivity contribution in [2.24, 2.45) is 5.10 Å². The quantitative estimate of drug-likeness (QED) is 0.711. The Labute approximate surface area is 90.9 Å². The topological polar surface area (TPSA) is 51.1 Å². The lowest BCUT2D eigenvalue weighted by molar-refractivity contribution is -0.134. The third-order valence-electron chi connectivity index (χ3n) is 1.96. The summed E-state index contributed by atoms with van der Waals surface area (Å²) >= 11 is 1.55. The van der Waals surface area contributed by atoms with Crippen molar-refractivity contribution in [2.45, 2.75) is 6.23 Å². The molecule has 0 aliphatic carbocycles. The van der Waals surface area contributed by atoms with E-state index >= 15 is 0 Å². The molecule has 1 aliphatic rings. The number of carbonyl (C=O) groups is 1. The van der Waals surface area contributed by atoms with E-state index in [1.54, 1.807) is 23.4 Å².